The van der Waals surface area contributed by atoms with Crippen molar-refractivity contribution in [1.29, 1.82) is 0 Å². The summed E-state index contributed by atoms with van der Waals surface area (Å²) in [6.07, 6.45) is 1.55. The van der Waals surface area contributed by atoms with E-state index in [-0.39, 0.29) is 11.1 Å². The van der Waals surface area contributed by atoms with Crippen LogP contribution in [0.4, 0.5) is 5.69 Å². The molecule has 0 spiro atoms. The van der Waals surface area contributed by atoms with Gasteiger partial charge in [0.15, 0.2) is 0 Å². The summed E-state index contributed by atoms with van der Waals surface area (Å²) in [7, 11) is 0. The van der Waals surface area contributed by atoms with Crippen LogP contribution in [0.5, 0.6) is 0 Å². The molecule has 1 aromatic heterocycles. The maximum absolute atomic E-state index is 12.1. The average molecular weight is 387 g/mol. The number of anilines is 1. The van der Waals surface area contributed by atoms with Crippen molar-refractivity contribution in [3.05, 3.63) is 55.9 Å². The van der Waals surface area contributed by atoms with Gasteiger partial charge in [-0.1, -0.05) is 11.6 Å². The third-order valence-electron chi connectivity index (χ3n) is 2.76. The van der Waals surface area contributed by atoms with Crippen molar-refractivity contribution >= 4 is 45.8 Å². The van der Waals surface area contributed by atoms with E-state index in [9.17, 15) is 4.79 Å². The van der Waals surface area contributed by atoms with Crippen LogP contribution in [-0.2, 0) is 0 Å². The van der Waals surface area contributed by atoms with Crippen LogP contribution in [0.2, 0.25) is 5.15 Å². The van der Waals surface area contributed by atoms with Crippen LogP contribution in [0.3, 0.4) is 0 Å². The summed E-state index contributed by atoms with van der Waals surface area (Å²) >= 11 is 8.18. The fourth-order valence-corrected chi connectivity index (χ4v) is 2.49. The highest BCUT2D eigenvalue weighted by atomic mass is 127. The zero-order valence-corrected chi connectivity index (χ0v) is 13.4. The minimum absolute atomic E-state index is 0.208. The number of carbonyl (C=O) groups is 1. The number of hydrogen-bond donors (Lipinski definition) is 1. The molecule has 2 aromatic rings. The monoisotopic (exact) mass is 386 g/mol. The summed E-state index contributed by atoms with van der Waals surface area (Å²) in [5.74, 6) is -0.248. The fourth-order valence-electron chi connectivity index (χ4n) is 1.66. The molecular weight excluding hydrogens is 375 g/mol. The van der Waals surface area contributed by atoms with Crippen molar-refractivity contribution in [2.24, 2.45) is 0 Å². The Morgan fingerprint density at radius 3 is 2.74 bits per heavy atom. The molecule has 5 heteroatoms. The molecule has 0 fully saturated rings. The molecule has 1 N–H and O–H groups in total. The molecule has 2 rings (SSSR count). The van der Waals surface area contributed by atoms with Gasteiger partial charge in [-0.3, -0.25) is 4.79 Å². The predicted molar refractivity (Wildman–Crippen MR) is 85.8 cm³/mol. The zero-order chi connectivity index (χ0) is 14.0. The Morgan fingerprint density at radius 2 is 2.05 bits per heavy atom. The van der Waals surface area contributed by atoms with Gasteiger partial charge in [-0.2, -0.15) is 0 Å². The van der Waals surface area contributed by atoms with Gasteiger partial charge in [-0.15, -0.1) is 0 Å². The van der Waals surface area contributed by atoms with Crippen molar-refractivity contribution in [3.8, 4) is 0 Å². The molecule has 0 unspecified atom stereocenters. The molecule has 1 heterocycles. The lowest BCUT2D eigenvalue weighted by molar-refractivity contribution is 0.102. The molecule has 19 heavy (non-hydrogen) atoms. The van der Waals surface area contributed by atoms with Crippen molar-refractivity contribution < 1.29 is 4.79 Å². The Bertz CT molecular complexity index is 643. The summed E-state index contributed by atoms with van der Waals surface area (Å²) in [5.41, 5.74) is 3.31. The van der Waals surface area contributed by atoms with E-state index < -0.39 is 0 Å². The van der Waals surface area contributed by atoms with Gasteiger partial charge in [0, 0.05) is 15.5 Å². The molecule has 0 aliphatic carbocycles. The lowest BCUT2D eigenvalue weighted by Crippen LogP contribution is -2.14. The van der Waals surface area contributed by atoms with E-state index in [1.807, 2.05) is 26.0 Å². The molecule has 0 aliphatic heterocycles. The first-order valence-electron chi connectivity index (χ1n) is 5.67. The van der Waals surface area contributed by atoms with E-state index in [1.54, 1.807) is 18.3 Å². The van der Waals surface area contributed by atoms with E-state index in [1.165, 1.54) is 3.57 Å². The van der Waals surface area contributed by atoms with Crippen LogP contribution in [0.1, 0.15) is 21.5 Å². The Hall–Kier alpha value is -1.14. The highest BCUT2D eigenvalue weighted by Crippen LogP contribution is 2.23. The van der Waals surface area contributed by atoms with Gasteiger partial charge in [0.1, 0.15) is 5.15 Å². The second kappa shape index (κ2) is 5.88. The number of carbonyl (C=O) groups excluding carboxylic acids is 1. The number of nitrogens with zero attached hydrogens (tertiary/aromatic N) is 1. The van der Waals surface area contributed by atoms with E-state index in [0.29, 0.717) is 5.56 Å². The fraction of sp³-hybridized carbons (Fsp3) is 0.143. The first-order chi connectivity index (χ1) is 8.99. The molecule has 98 valence electrons. The van der Waals surface area contributed by atoms with Crippen LogP contribution in [0.25, 0.3) is 0 Å². The van der Waals surface area contributed by atoms with E-state index in [4.69, 9.17) is 11.6 Å². The molecule has 0 saturated carbocycles. The van der Waals surface area contributed by atoms with E-state index in [0.717, 1.165) is 16.8 Å². The number of halogens is 2. The predicted octanol–water partition coefficient (Wildman–Crippen LogP) is 4.21. The minimum atomic E-state index is -0.248. The van der Waals surface area contributed by atoms with Gasteiger partial charge >= 0.3 is 0 Å². The maximum atomic E-state index is 12.1. The third-order valence-corrected chi connectivity index (χ3v) is 4.22. The van der Waals surface area contributed by atoms with E-state index in [2.05, 4.69) is 32.9 Å². The number of amides is 1. The van der Waals surface area contributed by atoms with Crippen molar-refractivity contribution in [2.75, 3.05) is 5.32 Å². The Morgan fingerprint density at radius 1 is 1.32 bits per heavy atom. The number of rotatable bonds is 2. The van der Waals surface area contributed by atoms with Crippen LogP contribution in [0, 0.1) is 17.4 Å². The topological polar surface area (TPSA) is 42.0 Å². The van der Waals surface area contributed by atoms with Crippen molar-refractivity contribution in [3.63, 3.8) is 0 Å². The van der Waals surface area contributed by atoms with Gasteiger partial charge in [0.2, 0.25) is 0 Å². The highest BCUT2D eigenvalue weighted by Gasteiger charge is 2.12. The summed E-state index contributed by atoms with van der Waals surface area (Å²) < 4.78 is 1.17. The largest absolute Gasteiger partial charge is 0.322 e. The molecule has 3 nitrogen and oxygen atoms in total. The number of hydrogen-bond acceptors (Lipinski definition) is 2. The molecular formula is C14H12ClIN2O. The van der Waals surface area contributed by atoms with Crippen LogP contribution in [-0.4, -0.2) is 10.9 Å². The smallest absolute Gasteiger partial charge is 0.258 e. The lowest BCUT2D eigenvalue weighted by atomic mass is 10.1. The maximum Gasteiger partial charge on any atom is 0.258 e. The number of aromatic nitrogens is 1. The summed E-state index contributed by atoms with van der Waals surface area (Å²) in [6.45, 7) is 3.97. The van der Waals surface area contributed by atoms with Crippen LogP contribution in [0.15, 0.2) is 30.5 Å². The van der Waals surface area contributed by atoms with Gasteiger partial charge in [0.05, 0.1) is 5.56 Å². The quantitative estimate of drug-likeness (QED) is 0.620. The SMILES string of the molecule is Cc1cc(NC(=O)c2cccnc2Cl)c(C)cc1I. The first kappa shape index (κ1) is 14.3. The average Bonchev–Trinajstić information content (AvgIpc) is 2.36. The second-order valence-corrected chi connectivity index (χ2v) is 5.73. The summed E-state index contributed by atoms with van der Waals surface area (Å²) in [4.78, 5) is 16.0. The molecule has 0 bridgehead atoms. The van der Waals surface area contributed by atoms with Crippen molar-refractivity contribution in [1.82, 2.24) is 4.98 Å². The second-order valence-electron chi connectivity index (χ2n) is 4.21. The molecule has 0 aliphatic rings. The minimum Gasteiger partial charge on any atom is -0.322 e. The van der Waals surface area contributed by atoms with Gasteiger partial charge in [-0.25, -0.2) is 4.98 Å². The third kappa shape index (κ3) is 3.25. The summed E-state index contributed by atoms with van der Waals surface area (Å²) in [5, 5.41) is 3.08. The highest BCUT2D eigenvalue weighted by molar-refractivity contribution is 14.1. The Balaban J connectivity index is 2.30. The number of aryl methyl sites for hydroxylation is 2. The molecule has 0 radical (unpaired) electrons. The Kier molecular flexibility index (Phi) is 4.42. The van der Waals surface area contributed by atoms with Crippen LogP contribution < -0.4 is 5.32 Å². The standard InChI is InChI=1S/C14H12ClIN2O/c1-8-7-12(9(2)6-11(8)16)18-14(19)10-4-3-5-17-13(10)15/h3-7H,1-2H3,(H,18,19). The molecule has 1 aromatic carbocycles. The number of nitrogens with one attached hydrogen (secondary N) is 1. The van der Waals surface area contributed by atoms with Crippen LogP contribution >= 0.6 is 34.2 Å². The van der Waals surface area contributed by atoms with E-state index >= 15 is 0 Å². The van der Waals surface area contributed by atoms with Gasteiger partial charge in [-0.05, 0) is 71.8 Å². The Labute approximate surface area is 130 Å². The molecule has 1 amide bonds. The molecule has 0 saturated heterocycles. The number of pyridine rings is 1. The van der Waals surface area contributed by atoms with Gasteiger partial charge in [0.25, 0.3) is 5.91 Å². The van der Waals surface area contributed by atoms with Crippen molar-refractivity contribution in [2.45, 2.75) is 13.8 Å². The number of benzene rings is 1. The molecule has 0 atom stereocenters. The normalized spacial score (nSPS) is 10.3. The zero-order valence-electron chi connectivity index (χ0n) is 10.5. The van der Waals surface area contributed by atoms with Gasteiger partial charge < -0.3 is 5.32 Å². The lowest BCUT2D eigenvalue weighted by Gasteiger charge is -2.11. The summed E-state index contributed by atoms with van der Waals surface area (Å²) in [6, 6.07) is 7.34. The first-order valence-corrected chi connectivity index (χ1v) is 7.13.